The lowest BCUT2D eigenvalue weighted by atomic mass is 9.64. The van der Waals surface area contributed by atoms with E-state index in [9.17, 15) is 9.59 Å². The van der Waals surface area contributed by atoms with Crippen LogP contribution < -0.4 is 0 Å². The molecule has 2 nitrogen and oxygen atoms in total. The first-order valence-corrected chi connectivity index (χ1v) is 6.09. The summed E-state index contributed by atoms with van der Waals surface area (Å²) >= 11 is 0. The van der Waals surface area contributed by atoms with Gasteiger partial charge < -0.3 is 0 Å². The fraction of sp³-hybridized carbons (Fsp3) is 0.846. The molecule has 0 aromatic rings. The normalized spacial score (nSPS) is 53.5. The van der Waals surface area contributed by atoms with Gasteiger partial charge in [0.15, 0.2) is 0 Å². The van der Waals surface area contributed by atoms with Crippen LogP contribution in [0.5, 0.6) is 0 Å². The SMILES string of the molecule is CC1C2CC(C1C)C1(CC(=O)CC1=O)C2. The highest BCUT2D eigenvalue weighted by Gasteiger charge is 2.63. The van der Waals surface area contributed by atoms with Crippen LogP contribution in [0.25, 0.3) is 0 Å². The Morgan fingerprint density at radius 1 is 1.20 bits per heavy atom. The summed E-state index contributed by atoms with van der Waals surface area (Å²) in [4.78, 5) is 23.5. The molecule has 0 aromatic carbocycles. The van der Waals surface area contributed by atoms with Gasteiger partial charge in [-0.3, -0.25) is 9.59 Å². The Hall–Kier alpha value is -0.660. The molecule has 0 aromatic heterocycles. The van der Waals surface area contributed by atoms with E-state index in [4.69, 9.17) is 0 Å². The highest BCUT2D eigenvalue weighted by Crippen LogP contribution is 2.64. The molecule has 0 N–H and O–H groups in total. The second-order valence-corrected chi connectivity index (χ2v) is 6.00. The number of Topliss-reactive ketones (excluding diaryl/α,β-unsaturated/α-hetero) is 2. The van der Waals surface area contributed by atoms with Crippen molar-refractivity contribution in [3.05, 3.63) is 0 Å². The molecule has 2 bridgehead atoms. The molecule has 15 heavy (non-hydrogen) atoms. The number of fused-ring (bicyclic) bond motifs is 3. The summed E-state index contributed by atoms with van der Waals surface area (Å²) in [5.41, 5.74) is -0.201. The fourth-order valence-electron chi connectivity index (χ4n) is 4.56. The van der Waals surface area contributed by atoms with Gasteiger partial charge in [0.05, 0.1) is 6.42 Å². The Balaban J connectivity index is 1.97. The number of hydrogen-bond donors (Lipinski definition) is 0. The Morgan fingerprint density at radius 2 is 1.93 bits per heavy atom. The van der Waals surface area contributed by atoms with Crippen LogP contribution in [0.1, 0.15) is 39.5 Å². The third kappa shape index (κ3) is 1.00. The Morgan fingerprint density at radius 3 is 2.40 bits per heavy atom. The molecule has 3 aliphatic carbocycles. The van der Waals surface area contributed by atoms with E-state index in [2.05, 4.69) is 13.8 Å². The van der Waals surface area contributed by atoms with Gasteiger partial charge in [-0.25, -0.2) is 0 Å². The number of carbonyl (C=O) groups excluding carboxylic acids is 2. The first-order chi connectivity index (χ1) is 7.04. The van der Waals surface area contributed by atoms with Crippen molar-refractivity contribution < 1.29 is 9.59 Å². The third-order valence-electron chi connectivity index (χ3n) is 5.53. The van der Waals surface area contributed by atoms with Crippen molar-refractivity contribution in [2.45, 2.75) is 39.5 Å². The quantitative estimate of drug-likeness (QED) is 0.569. The van der Waals surface area contributed by atoms with Gasteiger partial charge in [-0.1, -0.05) is 13.8 Å². The lowest BCUT2D eigenvalue weighted by molar-refractivity contribution is -0.130. The molecule has 5 atom stereocenters. The molecule has 3 aliphatic rings. The van der Waals surface area contributed by atoms with E-state index < -0.39 is 0 Å². The van der Waals surface area contributed by atoms with Crippen molar-refractivity contribution in [3.63, 3.8) is 0 Å². The van der Waals surface area contributed by atoms with Crippen LogP contribution in [0, 0.1) is 29.1 Å². The van der Waals surface area contributed by atoms with E-state index in [0.29, 0.717) is 24.2 Å². The topological polar surface area (TPSA) is 34.1 Å². The smallest absolute Gasteiger partial charge is 0.147 e. The number of hydrogen-bond acceptors (Lipinski definition) is 2. The minimum Gasteiger partial charge on any atom is -0.299 e. The van der Waals surface area contributed by atoms with Gasteiger partial charge in [0.2, 0.25) is 0 Å². The molecule has 0 amide bonds. The zero-order chi connectivity index (χ0) is 10.8. The van der Waals surface area contributed by atoms with E-state index in [0.717, 1.165) is 12.3 Å². The van der Waals surface area contributed by atoms with Gasteiger partial charge in [-0.05, 0) is 36.5 Å². The summed E-state index contributed by atoms with van der Waals surface area (Å²) in [5.74, 6) is 3.06. The summed E-state index contributed by atoms with van der Waals surface area (Å²) < 4.78 is 0. The predicted molar refractivity (Wildman–Crippen MR) is 56.2 cm³/mol. The first kappa shape index (κ1) is 9.56. The summed E-state index contributed by atoms with van der Waals surface area (Å²) in [6.45, 7) is 4.58. The van der Waals surface area contributed by atoms with E-state index in [1.807, 2.05) is 0 Å². The molecular weight excluding hydrogens is 188 g/mol. The van der Waals surface area contributed by atoms with Gasteiger partial charge >= 0.3 is 0 Å². The molecular formula is C13H18O2. The average molecular weight is 206 g/mol. The summed E-state index contributed by atoms with van der Waals surface area (Å²) in [5, 5.41) is 0. The van der Waals surface area contributed by atoms with Crippen molar-refractivity contribution in [2.24, 2.45) is 29.1 Å². The van der Waals surface area contributed by atoms with Gasteiger partial charge in [-0.2, -0.15) is 0 Å². The largest absolute Gasteiger partial charge is 0.299 e. The van der Waals surface area contributed by atoms with E-state index in [1.165, 1.54) is 6.42 Å². The second-order valence-electron chi connectivity index (χ2n) is 6.00. The second kappa shape index (κ2) is 2.72. The molecule has 3 fully saturated rings. The number of rotatable bonds is 0. The van der Waals surface area contributed by atoms with Crippen molar-refractivity contribution in [3.8, 4) is 0 Å². The van der Waals surface area contributed by atoms with E-state index >= 15 is 0 Å². The van der Waals surface area contributed by atoms with Gasteiger partial charge in [0.1, 0.15) is 11.6 Å². The van der Waals surface area contributed by atoms with Crippen LogP contribution in [0.4, 0.5) is 0 Å². The van der Waals surface area contributed by atoms with Crippen LogP contribution in [0.2, 0.25) is 0 Å². The molecule has 0 radical (unpaired) electrons. The van der Waals surface area contributed by atoms with Gasteiger partial charge in [0.25, 0.3) is 0 Å². The number of ketones is 2. The molecule has 3 saturated carbocycles. The molecule has 2 heteroatoms. The van der Waals surface area contributed by atoms with Crippen LogP contribution in [-0.2, 0) is 9.59 Å². The zero-order valence-corrected chi connectivity index (χ0v) is 9.45. The maximum atomic E-state index is 12.0. The molecule has 1 spiro atoms. The minimum absolute atomic E-state index is 0.187. The van der Waals surface area contributed by atoms with E-state index in [-0.39, 0.29) is 23.4 Å². The maximum absolute atomic E-state index is 12.0. The summed E-state index contributed by atoms with van der Waals surface area (Å²) in [6, 6.07) is 0. The standard InChI is InChI=1S/C13H18O2/c1-7-8(2)11-3-9(7)5-13(11)6-10(14)4-12(13)15/h7-9,11H,3-6H2,1-2H3. The van der Waals surface area contributed by atoms with Gasteiger partial charge in [0, 0.05) is 11.8 Å². The molecule has 82 valence electrons. The third-order valence-corrected chi connectivity index (χ3v) is 5.53. The first-order valence-electron chi connectivity index (χ1n) is 6.09. The average Bonchev–Trinajstić information content (AvgIpc) is 2.74. The lowest BCUT2D eigenvalue weighted by Crippen LogP contribution is -2.38. The van der Waals surface area contributed by atoms with Crippen LogP contribution >= 0.6 is 0 Å². The highest BCUT2D eigenvalue weighted by atomic mass is 16.2. The summed E-state index contributed by atoms with van der Waals surface area (Å²) in [6.07, 6.45) is 2.99. The molecule has 0 aliphatic heterocycles. The molecule has 3 rings (SSSR count). The lowest BCUT2D eigenvalue weighted by Gasteiger charge is -2.38. The van der Waals surface area contributed by atoms with Crippen molar-refractivity contribution >= 4 is 11.6 Å². The minimum atomic E-state index is -0.201. The number of carbonyl (C=O) groups is 2. The summed E-state index contributed by atoms with van der Waals surface area (Å²) in [7, 11) is 0. The molecule has 5 unspecified atom stereocenters. The fourth-order valence-corrected chi connectivity index (χ4v) is 4.56. The Bertz CT molecular complexity index is 344. The van der Waals surface area contributed by atoms with Gasteiger partial charge in [-0.15, -0.1) is 0 Å². The van der Waals surface area contributed by atoms with Crippen LogP contribution in [0.3, 0.4) is 0 Å². The zero-order valence-electron chi connectivity index (χ0n) is 9.45. The van der Waals surface area contributed by atoms with Crippen molar-refractivity contribution in [1.82, 2.24) is 0 Å². The molecule has 0 heterocycles. The Kier molecular flexibility index (Phi) is 1.73. The predicted octanol–water partition coefficient (Wildman–Crippen LogP) is 2.22. The maximum Gasteiger partial charge on any atom is 0.147 e. The van der Waals surface area contributed by atoms with E-state index in [1.54, 1.807) is 0 Å². The Labute approximate surface area is 90.4 Å². The van der Waals surface area contributed by atoms with Crippen molar-refractivity contribution in [2.75, 3.05) is 0 Å². The molecule has 0 saturated heterocycles. The van der Waals surface area contributed by atoms with Crippen LogP contribution in [0.15, 0.2) is 0 Å². The monoisotopic (exact) mass is 206 g/mol. The van der Waals surface area contributed by atoms with Crippen molar-refractivity contribution in [1.29, 1.82) is 0 Å². The highest BCUT2D eigenvalue weighted by molar-refractivity contribution is 6.09. The van der Waals surface area contributed by atoms with Crippen LogP contribution in [-0.4, -0.2) is 11.6 Å².